The minimum absolute atomic E-state index is 0.00815. The van der Waals surface area contributed by atoms with Gasteiger partial charge in [-0.2, -0.15) is 0 Å². The molecule has 0 bridgehead atoms. The molecular formula is C25H28N2O6. The van der Waals surface area contributed by atoms with E-state index in [1.54, 1.807) is 11.8 Å². The third kappa shape index (κ3) is 5.17. The molecule has 2 aromatic carbocycles. The number of rotatable bonds is 9. The first-order chi connectivity index (χ1) is 15.9. The summed E-state index contributed by atoms with van der Waals surface area (Å²) >= 11 is 0. The van der Waals surface area contributed by atoms with E-state index < -0.39 is 17.7 Å². The summed E-state index contributed by atoms with van der Waals surface area (Å²) in [6.45, 7) is 2.75. The monoisotopic (exact) mass is 452 g/mol. The molecule has 8 heteroatoms. The number of amides is 2. The average molecular weight is 453 g/mol. The van der Waals surface area contributed by atoms with Crippen LogP contribution in [0.2, 0.25) is 0 Å². The molecule has 0 saturated carbocycles. The normalized spacial score (nSPS) is 15.8. The number of aliphatic carboxylic acids is 1. The first-order valence-corrected chi connectivity index (χ1v) is 11.1. The molecule has 2 aromatic rings. The molecular weight excluding hydrogens is 424 g/mol. The van der Waals surface area contributed by atoms with E-state index in [1.807, 2.05) is 24.3 Å². The van der Waals surface area contributed by atoms with E-state index in [1.165, 1.54) is 11.1 Å². The van der Waals surface area contributed by atoms with Crippen molar-refractivity contribution in [3.8, 4) is 11.1 Å². The van der Waals surface area contributed by atoms with Gasteiger partial charge in [-0.25, -0.2) is 9.59 Å². The van der Waals surface area contributed by atoms with Gasteiger partial charge in [0.05, 0.1) is 13.1 Å². The second-order valence-corrected chi connectivity index (χ2v) is 8.74. The maximum Gasteiger partial charge on any atom is 0.407 e. The smallest absolute Gasteiger partial charge is 0.407 e. The molecule has 1 aliphatic heterocycles. The van der Waals surface area contributed by atoms with E-state index in [0.29, 0.717) is 32.5 Å². The van der Waals surface area contributed by atoms with Crippen LogP contribution in [0, 0.1) is 0 Å². The molecule has 0 aromatic heterocycles. The molecule has 8 nitrogen and oxygen atoms in total. The topological polar surface area (TPSA) is 105 Å². The Morgan fingerprint density at radius 1 is 1.06 bits per heavy atom. The Hall–Kier alpha value is -3.39. The van der Waals surface area contributed by atoms with Gasteiger partial charge in [0.25, 0.3) is 0 Å². The van der Waals surface area contributed by atoms with Crippen LogP contribution in [0.25, 0.3) is 11.1 Å². The van der Waals surface area contributed by atoms with Gasteiger partial charge in [0, 0.05) is 18.9 Å². The lowest BCUT2D eigenvalue weighted by Gasteiger charge is -2.47. The number of nitrogens with zero attached hydrogens (tertiary/aromatic N) is 1. The van der Waals surface area contributed by atoms with E-state index in [2.05, 4.69) is 29.6 Å². The summed E-state index contributed by atoms with van der Waals surface area (Å²) in [5, 5.41) is 11.4. The van der Waals surface area contributed by atoms with Gasteiger partial charge >= 0.3 is 12.1 Å². The summed E-state index contributed by atoms with van der Waals surface area (Å²) in [5.74, 6) is -1.06. The highest BCUT2D eigenvalue weighted by atomic mass is 16.5. The number of carbonyl (C=O) groups excluding carboxylic acids is 2. The van der Waals surface area contributed by atoms with Crippen LogP contribution < -0.4 is 5.32 Å². The zero-order valence-electron chi connectivity index (χ0n) is 18.6. The molecule has 2 aliphatic rings. The van der Waals surface area contributed by atoms with Crippen molar-refractivity contribution in [1.82, 2.24) is 10.2 Å². The van der Waals surface area contributed by atoms with Crippen LogP contribution in [-0.4, -0.2) is 66.4 Å². The number of hydrogen-bond acceptors (Lipinski definition) is 5. The van der Waals surface area contributed by atoms with Crippen LogP contribution in [0.15, 0.2) is 48.5 Å². The van der Waals surface area contributed by atoms with Crippen molar-refractivity contribution in [3.63, 3.8) is 0 Å². The van der Waals surface area contributed by atoms with E-state index >= 15 is 0 Å². The SMILES string of the molecule is CC1(OCC(=O)O)CN(C(=O)CCCNC(=O)OCC2c3ccccc3-c3ccccc32)C1. The van der Waals surface area contributed by atoms with Crippen molar-refractivity contribution in [1.29, 1.82) is 0 Å². The summed E-state index contributed by atoms with van der Waals surface area (Å²) in [6.07, 6.45) is 0.285. The Kier molecular flexibility index (Phi) is 6.65. The van der Waals surface area contributed by atoms with Gasteiger partial charge in [-0.15, -0.1) is 0 Å². The summed E-state index contributed by atoms with van der Waals surface area (Å²) < 4.78 is 10.8. The standard InChI is InChI=1S/C25H28N2O6/c1-25(33-14-23(29)30)15-27(16-25)22(28)11-6-12-26-24(31)32-13-21-19-9-4-2-7-17(19)18-8-3-5-10-20(18)21/h2-5,7-10,21H,6,11-16H2,1H3,(H,26,31)(H,29,30). The lowest BCUT2D eigenvalue weighted by molar-refractivity contribution is -0.173. The number of hydrogen-bond donors (Lipinski definition) is 2. The minimum atomic E-state index is -1.03. The average Bonchev–Trinajstić information content (AvgIpc) is 3.11. The van der Waals surface area contributed by atoms with Crippen LogP contribution in [0.5, 0.6) is 0 Å². The number of ether oxygens (including phenoxy) is 2. The molecule has 1 heterocycles. The summed E-state index contributed by atoms with van der Waals surface area (Å²) in [6, 6.07) is 16.3. The number of nitrogens with one attached hydrogen (secondary N) is 1. The van der Waals surface area contributed by atoms with Crippen molar-refractivity contribution < 1.29 is 29.0 Å². The lowest BCUT2D eigenvalue weighted by Crippen LogP contribution is -2.63. The highest BCUT2D eigenvalue weighted by Gasteiger charge is 2.42. The molecule has 174 valence electrons. The number of likely N-dealkylation sites (tertiary alicyclic amines) is 1. The van der Waals surface area contributed by atoms with Crippen molar-refractivity contribution in [2.24, 2.45) is 0 Å². The zero-order chi connectivity index (χ0) is 23.4. The minimum Gasteiger partial charge on any atom is -0.480 e. The number of carboxylic acids is 1. The fourth-order valence-electron chi connectivity index (χ4n) is 4.50. The third-order valence-electron chi connectivity index (χ3n) is 6.13. The molecule has 0 spiro atoms. The lowest BCUT2D eigenvalue weighted by atomic mass is 9.95. The summed E-state index contributed by atoms with van der Waals surface area (Å²) in [5.41, 5.74) is 4.07. The molecule has 1 fully saturated rings. The first kappa shape index (κ1) is 22.8. The molecule has 2 amide bonds. The number of carbonyl (C=O) groups is 3. The summed E-state index contributed by atoms with van der Waals surface area (Å²) in [7, 11) is 0. The Bertz CT molecular complexity index is 1000. The molecule has 0 radical (unpaired) electrons. The van der Waals surface area contributed by atoms with Gasteiger partial charge in [-0.3, -0.25) is 4.79 Å². The molecule has 33 heavy (non-hydrogen) atoms. The largest absolute Gasteiger partial charge is 0.480 e. The maximum absolute atomic E-state index is 12.2. The fourth-order valence-corrected chi connectivity index (χ4v) is 4.50. The number of benzene rings is 2. The molecule has 1 saturated heterocycles. The Morgan fingerprint density at radius 2 is 1.67 bits per heavy atom. The van der Waals surface area contributed by atoms with Crippen molar-refractivity contribution >= 4 is 18.0 Å². The molecule has 2 N–H and O–H groups in total. The predicted octanol–water partition coefficient (Wildman–Crippen LogP) is 3.01. The zero-order valence-corrected chi connectivity index (χ0v) is 18.6. The Balaban J connectivity index is 1.16. The van der Waals surface area contributed by atoms with Gasteiger partial charge in [0.1, 0.15) is 18.8 Å². The van der Waals surface area contributed by atoms with Crippen LogP contribution in [0.3, 0.4) is 0 Å². The van der Waals surface area contributed by atoms with E-state index in [0.717, 1.165) is 11.1 Å². The van der Waals surface area contributed by atoms with Crippen LogP contribution >= 0.6 is 0 Å². The first-order valence-electron chi connectivity index (χ1n) is 11.1. The number of carboxylic acid groups (broad SMARTS) is 1. The van der Waals surface area contributed by atoms with Crippen molar-refractivity contribution in [3.05, 3.63) is 59.7 Å². The van der Waals surface area contributed by atoms with E-state index in [9.17, 15) is 14.4 Å². The van der Waals surface area contributed by atoms with Crippen molar-refractivity contribution in [2.45, 2.75) is 31.3 Å². The summed E-state index contributed by atoms with van der Waals surface area (Å²) in [4.78, 5) is 36.7. The van der Waals surface area contributed by atoms with Gasteiger partial charge in [0.15, 0.2) is 0 Å². The Morgan fingerprint density at radius 3 is 2.27 bits per heavy atom. The molecule has 0 unspecified atom stereocenters. The quantitative estimate of drug-likeness (QED) is 0.567. The van der Waals surface area contributed by atoms with Gasteiger partial charge < -0.3 is 24.8 Å². The van der Waals surface area contributed by atoms with Gasteiger partial charge in [0.2, 0.25) is 5.91 Å². The van der Waals surface area contributed by atoms with Gasteiger partial charge in [-0.1, -0.05) is 48.5 Å². The van der Waals surface area contributed by atoms with Crippen molar-refractivity contribution in [2.75, 3.05) is 32.8 Å². The predicted molar refractivity (Wildman–Crippen MR) is 121 cm³/mol. The van der Waals surface area contributed by atoms with Crippen LogP contribution in [0.1, 0.15) is 36.8 Å². The van der Waals surface area contributed by atoms with Crippen LogP contribution in [-0.2, 0) is 19.1 Å². The highest BCUT2D eigenvalue weighted by Crippen LogP contribution is 2.44. The number of alkyl carbamates (subject to hydrolysis) is 1. The number of fused-ring (bicyclic) bond motifs is 3. The van der Waals surface area contributed by atoms with E-state index in [-0.39, 0.29) is 25.0 Å². The molecule has 0 atom stereocenters. The Labute approximate surface area is 192 Å². The highest BCUT2D eigenvalue weighted by molar-refractivity contribution is 5.79. The maximum atomic E-state index is 12.2. The second kappa shape index (κ2) is 9.62. The fraction of sp³-hybridized carbons (Fsp3) is 0.400. The van der Waals surface area contributed by atoms with Gasteiger partial charge in [-0.05, 0) is 35.6 Å². The third-order valence-corrected chi connectivity index (χ3v) is 6.13. The van der Waals surface area contributed by atoms with E-state index in [4.69, 9.17) is 14.6 Å². The second-order valence-electron chi connectivity index (χ2n) is 8.74. The molecule has 1 aliphatic carbocycles. The van der Waals surface area contributed by atoms with Crippen LogP contribution in [0.4, 0.5) is 4.79 Å². The molecule has 4 rings (SSSR count).